The standard InChI is InChI=1S/C17H19FN2O/c1-6-13-10(2)19-11(3)20-15-8-7-12(21-5)9-14(15)17(4,18)16(13)20/h6-9,16H,1H2,2-5H3. The summed E-state index contributed by atoms with van der Waals surface area (Å²) in [6, 6.07) is 5.10. The van der Waals surface area contributed by atoms with Gasteiger partial charge in [0.2, 0.25) is 0 Å². The molecule has 2 heterocycles. The average molecular weight is 286 g/mol. The third kappa shape index (κ3) is 1.75. The number of anilines is 1. The van der Waals surface area contributed by atoms with Crippen LogP contribution in [0.4, 0.5) is 10.1 Å². The summed E-state index contributed by atoms with van der Waals surface area (Å²) in [6.07, 6.45) is 1.71. The molecule has 0 radical (unpaired) electrons. The van der Waals surface area contributed by atoms with Crippen molar-refractivity contribution in [1.29, 1.82) is 0 Å². The molecule has 0 bridgehead atoms. The lowest BCUT2D eigenvalue weighted by molar-refractivity contribution is 0.181. The van der Waals surface area contributed by atoms with Gasteiger partial charge in [-0.2, -0.15) is 0 Å². The van der Waals surface area contributed by atoms with Gasteiger partial charge in [-0.15, -0.1) is 0 Å². The molecule has 3 rings (SSSR count). The number of hydrogen-bond acceptors (Lipinski definition) is 3. The van der Waals surface area contributed by atoms with Gasteiger partial charge in [-0.3, -0.25) is 0 Å². The summed E-state index contributed by atoms with van der Waals surface area (Å²) in [4.78, 5) is 6.49. The molecule has 0 fully saturated rings. The van der Waals surface area contributed by atoms with Crippen LogP contribution in [0.5, 0.6) is 5.75 Å². The van der Waals surface area contributed by atoms with Crippen LogP contribution in [0.15, 0.2) is 47.1 Å². The lowest BCUT2D eigenvalue weighted by atomic mass is 9.87. The van der Waals surface area contributed by atoms with Crippen LogP contribution in [0, 0.1) is 0 Å². The molecule has 0 N–H and O–H groups in total. The third-order valence-corrected chi connectivity index (χ3v) is 4.37. The first-order valence-corrected chi connectivity index (χ1v) is 6.97. The molecule has 4 heteroatoms. The number of nitrogens with zero attached hydrogens (tertiary/aromatic N) is 2. The summed E-state index contributed by atoms with van der Waals surface area (Å²) >= 11 is 0. The number of halogens is 1. The van der Waals surface area contributed by atoms with Crippen molar-refractivity contribution in [3.05, 3.63) is 47.7 Å². The number of hydrogen-bond donors (Lipinski definition) is 0. The number of allylic oxidation sites excluding steroid dienone is 1. The topological polar surface area (TPSA) is 24.8 Å². The van der Waals surface area contributed by atoms with Gasteiger partial charge in [0.1, 0.15) is 17.6 Å². The van der Waals surface area contributed by atoms with E-state index < -0.39 is 11.7 Å². The molecule has 0 saturated carbocycles. The molecule has 110 valence electrons. The molecule has 0 aliphatic carbocycles. The number of amidine groups is 1. The van der Waals surface area contributed by atoms with Crippen LogP contribution in [-0.2, 0) is 5.67 Å². The molecule has 1 aromatic carbocycles. The minimum Gasteiger partial charge on any atom is -0.497 e. The van der Waals surface area contributed by atoms with E-state index >= 15 is 4.39 Å². The van der Waals surface area contributed by atoms with Gasteiger partial charge in [0.25, 0.3) is 0 Å². The molecule has 2 aliphatic heterocycles. The van der Waals surface area contributed by atoms with Crippen molar-refractivity contribution >= 4 is 11.5 Å². The van der Waals surface area contributed by atoms with Gasteiger partial charge in [-0.1, -0.05) is 12.7 Å². The number of aliphatic imine (C=N–C) groups is 1. The number of fused-ring (bicyclic) bond motifs is 3. The average Bonchev–Trinajstić information content (AvgIpc) is 2.68. The van der Waals surface area contributed by atoms with E-state index in [1.807, 2.05) is 30.9 Å². The maximum Gasteiger partial charge on any atom is 0.160 e. The maximum absolute atomic E-state index is 15.6. The molecular weight excluding hydrogens is 267 g/mol. The lowest BCUT2D eigenvalue weighted by Gasteiger charge is -2.36. The summed E-state index contributed by atoms with van der Waals surface area (Å²) in [6.45, 7) is 9.26. The predicted molar refractivity (Wildman–Crippen MR) is 83.7 cm³/mol. The Morgan fingerprint density at radius 3 is 2.76 bits per heavy atom. The monoisotopic (exact) mass is 286 g/mol. The zero-order valence-corrected chi connectivity index (χ0v) is 12.8. The van der Waals surface area contributed by atoms with Gasteiger partial charge in [0.15, 0.2) is 5.67 Å². The Kier molecular flexibility index (Phi) is 2.94. The van der Waals surface area contributed by atoms with Gasteiger partial charge >= 0.3 is 0 Å². The normalized spacial score (nSPS) is 27.2. The fourth-order valence-corrected chi connectivity index (χ4v) is 3.38. The number of rotatable bonds is 2. The van der Waals surface area contributed by atoms with Crippen molar-refractivity contribution in [2.75, 3.05) is 12.0 Å². The zero-order valence-electron chi connectivity index (χ0n) is 12.8. The van der Waals surface area contributed by atoms with Crippen molar-refractivity contribution in [3.8, 4) is 5.75 Å². The van der Waals surface area contributed by atoms with E-state index in [9.17, 15) is 0 Å². The lowest BCUT2D eigenvalue weighted by Crippen LogP contribution is -2.46. The van der Waals surface area contributed by atoms with Crippen LogP contribution >= 0.6 is 0 Å². The highest BCUT2D eigenvalue weighted by Gasteiger charge is 2.52. The Morgan fingerprint density at radius 1 is 1.43 bits per heavy atom. The van der Waals surface area contributed by atoms with E-state index in [1.54, 1.807) is 26.2 Å². The van der Waals surface area contributed by atoms with Gasteiger partial charge in [0, 0.05) is 16.9 Å². The summed E-state index contributed by atoms with van der Waals surface area (Å²) in [5.74, 6) is 1.46. The van der Waals surface area contributed by atoms with Crippen molar-refractivity contribution in [2.24, 2.45) is 4.99 Å². The molecular formula is C17H19FN2O. The first-order valence-electron chi connectivity index (χ1n) is 6.97. The van der Waals surface area contributed by atoms with Crippen molar-refractivity contribution in [3.63, 3.8) is 0 Å². The second-order valence-corrected chi connectivity index (χ2v) is 5.64. The first kappa shape index (κ1) is 13.9. The van der Waals surface area contributed by atoms with Crippen LogP contribution in [0.25, 0.3) is 0 Å². The third-order valence-electron chi connectivity index (χ3n) is 4.37. The fraction of sp³-hybridized carbons (Fsp3) is 0.353. The first-order chi connectivity index (χ1) is 9.91. The number of alkyl halides is 1. The van der Waals surface area contributed by atoms with Crippen molar-refractivity contribution in [2.45, 2.75) is 32.5 Å². The van der Waals surface area contributed by atoms with Gasteiger partial charge in [0.05, 0.1) is 7.11 Å². The number of ether oxygens (including phenoxy) is 1. The molecule has 2 atom stereocenters. The Bertz CT molecular complexity index is 688. The Labute approximate surface area is 124 Å². The highest BCUT2D eigenvalue weighted by Crippen LogP contribution is 2.51. The minimum atomic E-state index is -1.52. The van der Waals surface area contributed by atoms with Gasteiger partial charge in [-0.25, -0.2) is 9.38 Å². The Balaban J connectivity index is 2.26. The Morgan fingerprint density at radius 2 is 2.14 bits per heavy atom. The van der Waals surface area contributed by atoms with E-state index in [-0.39, 0.29) is 0 Å². The largest absolute Gasteiger partial charge is 0.497 e. The van der Waals surface area contributed by atoms with Crippen LogP contribution in [0.2, 0.25) is 0 Å². The molecule has 3 nitrogen and oxygen atoms in total. The van der Waals surface area contributed by atoms with Crippen LogP contribution in [0.3, 0.4) is 0 Å². The second kappa shape index (κ2) is 4.45. The van der Waals surface area contributed by atoms with Gasteiger partial charge < -0.3 is 9.64 Å². The Hall–Kier alpha value is -2.10. The molecule has 2 aliphatic rings. The van der Waals surface area contributed by atoms with Gasteiger partial charge in [-0.05, 0) is 44.5 Å². The molecule has 0 spiro atoms. The van der Waals surface area contributed by atoms with Crippen LogP contribution in [0.1, 0.15) is 26.3 Å². The van der Waals surface area contributed by atoms with Crippen molar-refractivity contribution < 1.29 is 9.13 Å². The van der Waals surface area contributed by atoms with E-state index in [0.29, 0.717) is 11.3 Å². The fourth-order valence-electron chi connectivity index (χ4n) is 3.38. The van der Waals surface area contributed by atoms with Crippen LogP contribution < -0.4 is 9.64 Å². The predicted octanol–water partition coefficient (Wildman–Crippen LogP) is 3.96. The smallest absolute Gasteiger partial charge is 0.160 e. The summed E-state index contributed by atoms with van der Waals surface area (Å²) in [5, 5.41) is 0. The van der Waals surface area contributed by atoms with Crippen molar-refractivity contribution in [1.82, 2.24) is 0 Å². The molecule has 21 heavy (non-hydrogen) atoms. The SMILES string of the molecule is C=CC1=C(C)N=C(C)N2c3ccc(OC)cc3C(C)(F)C12. The summed E-state index contributed by atoms with van der Waals surface area (Å²) in [5.41, 5.74) is 1.62. The van der Waals surface area contributed by atoms with E-state index in [1.165, 1.54) is 0 Å². The second-order valence-electron chi connectivity index (χ2n) is 5.64. The highest BCUT2D eigenvalue weighted by atomic mass is 19.1. The number of methoxy groups -OCH3 is 1. The van der Waals surface area contributed by atoms with E-state index in [0.717, 1.165) is 22.8 Å². The quantitative estimate of drug-likeness (QED) is 0.822. The molecule has 1 aromatic rings. The van der Waals surface area contributed by atoms with E-state index in [4.69, 9.17) is 4.74 Å². The summed E-state index contributed by atoms with van der Waals surface area (Å²) < 4.78 is 20.8. The zero-order chi connectivity index (χ0) is 15.4. The van der Waals surface area contributed by atoms with Crippen LogP contribution in [-0.4, -0.2) is 19.0 Å². The molecule has 0 aromatic heterocycles. The van der Waals surface area contributed by atoms with E-state index in [2.05, 4.69) is 11.6 Å². The minimum absolute atomic E-state index is 0.422. The molecule has 0 amide bonds. The molecule has 2 unspecified atom stereocenters. The maximum atomic E-state index is 15.6. The summed E-state index contributed by atoms with van der Waals surface area (Å²) in [7, 11) is 1.59. The number of benzene rings is 1. The molecule has 0 saturated heterocycles. The highest BCUT2D eigenvalue weighted by molar-refractivity contribution is 6.02.